The number of nitrogens with zero attached hydrogens (tertiary/aromatic N) is 1. The van der Waals surface area contributed by atoms with E-state index in [1.807, 2.05) is 11.3 Å². The monoisotopic (exact) mass is 265 g/mol. The van der Waals surface area contributed by atoms with Gasteiger partial charge in [0, 0.05) is 16.2 Å². The minimum atomic E-state index is 0.0301. The Hall–Kier alpha value is -0.410. The lowest BCUT2D eigenvalue weighted by Gasteiger charge is -2.38. The summed E-state index contributed by atoms with van der Waals surface area (Å²) in [5, 5.41) is 10.9. The van der Waals surface area contributed by atoms with Crippen LogP contribution in [-0.4, -0.2) is 16.7 Å². The molecule has 0 bridgehead atoms. The average Bonchev–Trinajstić information content (AvgIpc) is 2.72. The molecule has 1 N–H and O–H groups in total. The second-order valence-corrected chi connectivity index (χ2v) is 7.29. The number of hydrogen-bond acceptors (Lipinski definition) is 3. The molecule has 1 heterocycles. The molecule has 2 nitrogen and oxygen atoms in total. The van der Waals surface area contributed by atoms with E-state index in [9.17, 15) is 5.11 Å². The zero-order valence-corrected chi connectivity index (χ0v) is 12.1. The number of thiazole rings is 1. The molecule has 0 spiro atoms. The zero-order chi connectivity index (χ0) is 12.6. The number of aryl methyl sites for hydroxylation is 1. The van der Waals surface area contributed by atoms with Gasteiger partial charge >= 0.3 is 0 Å². The standard InChI is InChI=1S/C15H23NOS/c1-11-13(12-6-3-2-4-7-12)16-14(18-11)15(10-17)8-5-9-15/h12,17H,2-10H2,1H3. The number of aliphatic hydroxyl groups is 1. The molecule has 0 atom stereocenters. The third kappa shape index (κ3) is 2.01. The van der Waals surface area contributed by atoms with Gasteiger partial charge in [-0.3, -0.25) is 0 Å². The van der Waals surface area contributed by atoms with Crippen LogP contribution in [0, 0.1) is 6.92 Å². The van der Waals surface area contributed by atoms with Gasteiger partial charge < -0.3 is 5.11 Å². The predicted octanol–water partition coefficient (Wildman–Crippen LogP) is 3.91. The van der Waals surface area contributed by atoms with Gasteiger partial charge in [-0.25, -0.2) is 4.98 Å². The second kappa shape index (κ2) is 4.93. The van der Waals surface area contributed by atoms with Gasteiger partial charge in [-0.15, -0.1) is 11.3 Å². The van der Waals surface area contributed by atoms with Crippen LogP contribution in [0.15, 0.2) is 0 Å². The summed E-state index contributed by atoms with van der Waals surface area (Å²) in [6.45, 7) is 2.50. The lowest BCUT2D eigenvalue weighted by atomic mass is 9.70. The molecule has 0 unspecified atom stereocenters. The van der Waals surface area contributed by atoms with Crippen molar-refractivity contribution < 1.29 is 5.11 Å². The quantitative estimate of drug-likeness (QED) is 0.898. The Balaban J connectivity index is 1.85. The van der Waals surface area contributed by atoms with Crippen molar-refractivity contribution in [3.05, 3.63) is 15.6 Å². The molecule has 18 heavy (non-hydrogen) atoms. The lowest BCUT2D eigenvalue weighted by Crippen LogP contribution is -2.37. The highest BCUT2D eigenvalue weighted by atomic mass is 32.1. The zero-order valence-electron chi connectivity index (χ0n) is 11.2. The van der Waals surface area contributed by atoms with E-state index < -0.39 is 0 Å². The van der Waals surface area contributed by atoms with E-state index in [0.29, 0.717) is 5.92 Å². The number of aromatic nitrogens is 1. The Morgan fingerprint density at radius 1 is 1.22 bits per heavy atom. The van der Waals surface area contributed by atoms with Crippen LogP contribution in [-0.2, 0) is 5.41 Å². The summed E-state index contributed by atoms with van der Waals surface area (Å²) in [6.07, 6.45) is 10.3. The van der Waals surface area contributed by atoms with Crippen molar-refractivity contribution in [1.82, 2.24) is 4.98 Å². The minimum absolute atomic E-state index is 0.0301. The molecule has 3 rings (SSSR count). The summed E-state index contributed by atoms with van der Waals surface area (Å²) in [5.74, 6) is 0.694. The molecule has 2 fully saturated rings. The van der Waals surface area contributed by atoms with E-state index in [1.54, 1.807) is 0 Å². The van der Waals surface area contributed by atoms with E-state index >= 15 is 0 Å². The van der Waals surface area contributed by atoms with Crippen molar-refractivity contribution in [1.29, 1.82) is 0 Å². The maximum absolute atomic E-state index is 9.67. The van der Waals surface area contributed by atoms with Crippen molar-refractivity contribution in [2.45, 2.75) is 69.6 Å². The van der Waals surface area contributed by atoms with Gasteiger partial charge in [0.15, 0.2) is 0 Å². The first-order valence-corrected chi connectivity index (χ1v) is 8.15. The van der Waals surface area contributed by atoms with Crippen molar-refractivity contribution in [3.63, 3.8) is 0 Å². The Labute approximate surface area is 113 Å². The van der Waals surface area contributed by atoms with E-state index in [-0.39, 0.29) is 12.0 Å². The molecule has 2 aliphatic rings. The number of aliphatic hydroxyl groups excluding tert-OH is 1. The molecule has 0 aromatic carbocycles. The molecule has 0 radical (unpaired) electrons. The van der Waals surface area contributed by atoms with Gasteiger partial charge in [0.2, 0.25) is 0 Å². The maximum atomic E-state index is 9.67. The van der Waals surface area contributed by atoms with Gasteiger partial charge in [-0.1, -0.05) is 25.7 Å². The molecule has 0 amide bonds. The molecule has 100 valence electrons. The van der Waals surface area contributed by atoms with Crippen LogP contribution in [0.4, 0.5) is 0 Å². The minimum Gasteiger partial charge on any atom is -0.395 e. The Morgan fingerprint density at radius 2 is 1.94 bits per heavy atom. The molecule has 3 heteroatoms. The maximum Gasteiger partial charge on any atom is 0.102 e. The van der Waals surface area contributed by atoms with E-state index in [2.05, 4.69) is 6.92 Å². The first kappa shape index (κ1) is 12.6. The van der Waals surface area contributed by atoms with Crippen LogP contribution >= 0.6 is 11.3 Å². The van der Waals surface area contributed by atoms with Gasteiger partial charge in [-0.05, 0) is 32.6 Å². The first-order chi connectivity index (χ1) is 8.75. The van der Waals surface area contributed by atoms with Crippen LogP contribution in [0.5, 0.6) is 0 Å². The van der Waals surface area contributed by atoms with Crippen LogP contribution in [0.3, 0.4) is 0 Å². The highest BCUT2D eigenvalue weighted by Crippen LogP contribution is 2.46. The lowest BCUT2D eigenvalue weighted by molar-refractivity contribution is 0.119. The Morgan fingerprint density at radius 3 is 2.50 bits per heavy atom. The highest BCUT2D eigenvalue weighted by Gasteiger charge is 2.41. The summed E-state index contributed by atoms with van der Waals surface area (Å²) in [6, 6.07) is 0. The van der Waals surface area contributed by atoms with Gasteiger partial charge in [0.25, 0.3) is 0 Å². The predicted molar refractivity (Wildman–Crippen MR) is 75.3 cm³/mol. The SMILES string of the molecule is Cc1sc(C2(CO)CCC2)nc1C1CCCCC1. The molecule has 2 saturated carbocycles. The molecular weight excluding hydrogens is 242 g/mol. The summed E-state index contributed by atoms with van der Waals surface area (Å²) in [7, 11) is 0. The molecule has 1 aromatic heterocycles. The average molecular weight is 265 g/mol. The van der Waals surface area contributed by atoms with Crippen molar-refractivity contribution in [2.24, 2.45) is 0 Å². The third-order valence-corrected chi connectivity index (χ3v) is 6.12. The Bertz CT molecular complexity index is 411. The van der Waals surface area contributed by atoms with E-state index in [0.717, 1.165) is 12.8 Å². The third-order valence-electron chi connectivity index (χ3n) is 4.89. The topological polar surface area (TPSA) is 33.1 Å². The van der Waals surface area contributed by atoms with Gasteiger partial charge in [0.1, 0.15) is 5.01 Å². The van der Waals surface area contributed by atoms with E-state index in [1.165, 1.54) is 54.1 Å². The van der Waals surface area contributed by atoms with Crippen molar-refractivity contribution in [2.75, 3.05) is 6.61 Å². The molecule has 0 saturated heterocycles. The smallest absolute Gasteiger partial charge is 0.102 e. The Kier molecular flexibility index (Phi) is 3.46. The summed E-state index contributed by atoms with van der Waals surface area (Å²) >= 11 is 1.84. The molecule has 1 aromatic rings. The molecule has 2 aliphatic carbocycles. The van der Waals surface area contributed by atoms with Crippen LogP contribution in [0.1, 0.15) is 72.9 Å². The van der Waals surface area contributed by atoms with Crippen LogP contribution < -0.4 is 0 Å². The van der Waals surface area contributed by atoms with Gasteiger partial charge in [-0.2, -0.15) is 0 Å². The number of rotatable bonds is 3. The van der Waals surface area contributed by atoms with Gasteiger partial charge in [0.05, 0.1) is 12.3 Å². The van der Waals surface area contributed by atoms with Crippen molar-refractivity contribution in [3.8, 4) is 0 Å². The second-order valence-electron chi connectivity index (χ2n) is 6.09. The summed E-state index contributed by atoms with van der Waals surface area (Å²) in [5.41, 5.74) is 1.39. The molecule has 0 aliphatic heterocycles. The van der Waals surface area contributed by atoms with E-state index in [4.69, 9.17) is 4.98 Å². The number of hydrogen-bond donors (Lipinski definition) is 1. The summed E-state index contributed by atoms with van der Waals surface area (Å²) in [4.78, 5) is 6.36. The normalized spacial score (nSPS) is 23.9. The van der Waals surface area contributed by atoms with Crippen LogP contribution in [0.2, 0.25) is 0 Å². The highest BCUT2D eigenvalue weighted by molar-refractivity contribution is 7.11. The van der Waals surface area contributed by atoms with Crippen LogP contribution in [0.25, 0.3) is 0 Å². The fourth-order valence-electron chi connectivity index (χ4n) is 3.43. The molecular formula is C15H23NOS. The fourth-order valence-corrected chi connectivity index (χ4v) is 4.67. The first-order valence-electron chi connectivity index (χ1n) is 7.34. The fraction of sp³-hybridized carbons (Fsp3) is 0.800. The van der Waals surface area contributed by atoms with Crippen molar-refractivity contribution >= 4 is 11.3 Å². The largest absolute Gasteiger partial charge is 0.395 e. The summed E-state index contributed by atoms with van der Waals surface area (Å²) < 4.78 is 0.